The number of hydrogen-bond donors (Lipinski definition) is 0. The summed E-state index contributed by atoms with van der Waals surface area (Å²) >= 11 is 0. The summed E-state index contributed by atoms with van der Waals surface area (Å²) in [5.74, 6) is 1.46. The lowest BCUT2D eigenvalue weighted by molar-refractivity contribution is 0.0958. The monoisotopic (exact) mass is 431 g/mol. The second kappa shape index (κ2) is 10.3. The Labute approximate surface area is 189 Å². The molecule has 0 spiro atoms. The molecule has 6 nitrogen and oxygen atoms in total. The number of likely N-dealkylation sites (tertiary alicyclic amines) is 1. The van der Waals surface area contributed by atoms with E-state index in [0.717, 1.165) is 55.4 Å². The number of hydrogen-bond acceptors (Lipinski definition) is 5. The number of benzene rings is 2. The van der Waals surface area contributed by atoms with E-state index in [1.54, 1.807) is 14.2 Å². The molecule has 0 radical (unpaired) electrons. The first-order chi connectivity index (χ1) is 15.7. The molecule has 0 bridgehead atoms. The molecule has 4 rings (SSSR count). The molecule has 3 aromatic rings. The summed E-state index contributed by atoms with van der Waals surface area (Å²) in [5, 5.41) is 0. The van der Waals surface area contributed by atoms with Gasteiger partial charge in [0.15, 0.2) is 0 Å². The number of pyridine rings is 1. The van der Waals surface area contributed by atoms with Gasteiger partial charge in [-0.1, -0.05) is 12.1 Å². The van der Waals surface area contributed by atoms with Gasteiger partial charge in [0.25, 0.3) is 5.91 Å². The van der Waals surface area contributed by atoms with Gasteiger partial charge in [-0.3, -0.25) is 14.7 Å². The summed E-state index contributed by atoms with van der Waals surface area (Å²) in [6.07, 6.45) is 3.62. The Balaban J connectivity index is 1.54. The van der Waals surface area contributed by atoms with Crippen molar-refractivity contribution < 1.29 is 14.3 Å². The Morgan fingerprint density at radius 2 is 1.72 bits per heavy atom. The second-order valence-electron chi connectivity index (χ2n) is 7.93. The average molecular weight is 432 g/mol. The molecular weight excluding hydrogens is 402 g/mol. The fraction of sp³-hybridized carbons (Fsp3) is 0.308. The van der Waals surface area contributed by atoms with E-state index >= 15 is 0 Å². The van der Waals surface area contributed by atoms with E-state index in [0.29, 0.717) is 5.56 Å². The van der Waals surface area contributed by atoms with Crippen LogP contribution in [-0.2, 0) is 6.54 Å². The molecule has 0 aliphatic carbocycles. The maximum absolute atomic E-state index is 13.6. The van der Waals surface area contributed by atoms with Gasteiger partial charge in [-0.25, -0.2) is 0 Å². The van der Waals surface area contributed by atoms with E-state index in [9.17, 15) is 4.79 Å². The fourth-order valence-corrected chi connectivity index (χ4v) is 4.18. The lowest BCUT2D eigenvalue weighted by Crippen LogP contribution is -2.47. The van der Waals surface area contributed by atoms with Gasteiger partial charge in [0.05, 0.1) is 19.9 Å². The van der Waals surface area contributed by atoms with Crippen molar-refractivity contribution >= 4 is 11.6 Å². The van der Waals surface area contributed by atoms with Crippen LogP contribution in [0.3, 0.4) is 0 Å². The zero-order valence-corrected chi connectivity index (χ0v) is 18.6. The summed E-state index contributed by atoms with van der Waals surface area (Å²) < 4.78 is 10.7. The standard InChI is InChI=1S/C26H29N3O3/c1-31-24-11-9-20(10-12-24)26(30)29(23-7-5-8-25(18-23)32-2)22-13-16-28(17-14-22)19-21-6-3-4-15-27-21/h3-12,15,18,22H,13-14,16-17,19H2,1-2H3. The molecule has 1 aromatic heterocycles. The smallest absolute Gasteiger partial charge is 0.258 e. The number of anilines is 1. The number of rotatable bonds is 7. The number of nitrogens with zero attached hydrogens (tertiary/aromatic N) is 3. The molecule has 0 atom stereocenters. The van der Waals surface area contributed by atoms with Gasteiger partial charge in [0.2, 0.25) is 0 Å². The van der Waals surface area contributed by atoms with E-state index in [4.69, 9.17) is 9.47 Å². The Kier molecular flexibility index (Phi) is 7.02. The molecule has 1 aliphatic heterocycles. The van der Waals surface area contributed by atoms with Crippen LogP contribution in [-0.4, -0.2) is 49.1 Å². The number of carbonyl (C=O) groups excluding carboxylic acids is 1. The van der Waals surface area contributed by atoms with Crippen molar-refractivity contribution in [1.29, 1.82) is 0 Å². The highest BCUT2D eigenvalue weighted by atomic mass is 16.5. The van der Waals surface area contributed by atoms with Crippen molar-refractivity contribution in [2.45, 2.75) is 25.4 Å². The average Bonchev–Trinajstić information content (AvgIpc) is 2.86. The van der Waals surface area contributed by atoms with Crippen LogP contribution in [0.15, 0.2) is 72.9 Å². The molecule has 2 aromatic carbocycles. The molecule has 2 heterocycles. The summed E-state index contributed by atoms with van der Waals surface area (Å²) in [7, 11) is 3.27. The maximum Gasteiger partial charge on any atom is 0.258 e. The van der Waals surface area contributed by atoms with Crippen molar-refractivity contribution in [3.05, 3.63) is 84.2 Å². The number of methoxy groups -OCH3 is 2. The van der Waals surface area contributed by atoms with E-state index in [1.807, 2.05) is 71.8 Å². The predicted molar refractivity (Wildman–Crippen MR) is 125 cm³/mol. The highest BCUT2D eigenvalue weighted by Crippen LogP contribution is 2.29. The van der Waals surface area contributed by atoms with Gasteiger partial charge in [-0.2, -0.15) is 0 Å². The largest absolute Gasteiger partial charge is 0.497 e. The maximum atomic E-state index is 13.6. The van der Waals surface area contributed by atoms with E-state index in [1.165, 1.54) is 0 Å². The van der Waals surface area contributed by atoms with Crippen molar-refractivity contribution in [3.63, 3.8) is 0 Å². The SMILES string of the molecule is COc1ccc(C(=O)N(c2cccc(OC)c2)C2CCN(Cc3ccccn3)CC2)cc1. The molecule has 1 aliphatic rings. The van der Waals surface area contributed by atoms with E-state index < -0.39 is 0 Å². The van der Waals surface area contributed by atoms with Crippen LogP contribution in [0.5, 0.6) is 11.5 Å². The van der Waals surface area contributed by atoms with Gasteiger partial charge >= 0.3 is 0 Å². The highest BCUT2D eigenvalue weighted by molar-refractivity contribution is 6.06. The molecule has 32 heavy (non-hydrogen) atoms. The van der Waals surface area contributed by atoms with Crippen LogP contribution >= 0.6 is 0 Å². The predicted octanol–water partition coefficient (Wildman–Crippen LogP) is 4.41. The van der Waals surface area contributed by atoms with Gasteiger partial charge in [-0.05, 0) is 61.4 Å². The van der Waals surface area contributed by atoms with Crippen molar-refractivity contribution in [3.8, 4) is 11.5 Å². The van der Waals surface area contributed by atoms with Gasteiger partial charge in [-0.15, -0.1) is 0 Å². The molecule has 6 heteroatoms. The summed E-state index contributed by atoms with van der Waals surface area (Å²) in [4.78, 5) is 22.4. The minimum atomic E-state index is -0.0101. The summed E-state index contributed by atoms with van der Waals surface area (Å²) in [5.41, 5.74) is 2.57. The number of aromatic nitrogens is 1. The molecule has 1 amide bonds. The van der Waals surface area contributed by atoms with Crippen LogP contribution in [0, 0.1) is 0 Å². The fourth-order valence-electron chi connectivity index (χ4n) is 4.18. The number of carbonyl (C=O) groups is 1. The van der Waals surface area contributed by atoms with Crippen LogP contribution in [0.25, 0.3) is 0 Å². The Hall–Kier alpha value is -3.38. The topological polar surface area (TPSA) is 54.9 Å². The van der Waals surface area contributed by atoms with Gasteiger partial charge in [0.1, 0.15) is 11.5 Å². The quantitative estimate of drug-likeness (QED) is 0.555. The summed E-state index contributed by atoms with van der Waals surface area (Å²) in [6, 6.07) is 21.2. The molecule has 1 saturated heterocycles. The minimum absolute atomic E-state index is 0.0101. The third-order valence-corrected chi connectivity index (χ3v) is 5.92. The Morgan fingerprint density at radius 3 is 2.38 bits per heavy atom. The van der Waals surface area contributed by atoms with E-state index in [-0.39, 0.29) is 11.9 Å². The normalized spacial score (nSPS) is 14.7. The van der Waals surface area contributed by atoms with Gasteiger partial charge in [0, 0.05) is 49.2 Å². The lowest BCUT2D eigenvalue weighted by Gasteiger charge is -2.38. The third-order valence-electron chi connectivity index (χ3n) is 5.92. The van der Waals surface area contributed by atoms with Crippen molar-refractivity contribution in [1.82, 2.24) is 9.88 Å². The number of piperidine rings is 1. The molecule has 166 valence electrons. The molecule has 0 unspecified atom stereocenters. The van der Waals surface area contributed by atoms with Crippen molar-refractivity contribution in [2.75, 3.05) is 32.2 Å². The number of ether oxygens (including phenoxy) is 2. The molecular formula is C26H29N3O3. The third kappa shape index (κ3) is 5.08. The first-order valence-corrected chi connectivity index (χ1v) is 10.9. The van der Waals surface area contributed by atoms with Crippen LogP contribution < -0.4 is 14.4 Å². The van der Waals surface area contributed by atoms with Crippen LogP contribution in [0.1, 0.15) is 28.9 Å². The minimum Gasteiger partial charge on any atom is -0.497 e. The zero-order chi connectivity index (χ0) is 22.3. The Morgan fingerprint density at radius 1 is 0.969 bits per heavy atom. The zero-order valence-electron chi connectivity index (χ0n) is 18.6. The first kappa shape index (κ1) is 21.8. The Bertz CT molecular complexity index is 1020. The van der Waals surface area contributed by atoms with Gasteiger partial charge < -0.3 is 14.4 Å². The van der Waals surface area contributed by atoms with E-state index in [2.05, 4.69) is 16.0 Å². The molecule has 0 saturated carbocycles. The highest BCUT2D eigenvalue weighted by Gasteiger charge is 2.30. The molecule has 0 N–H and O–H groups in total. The second-order valence-corrected chi connectivity index (χ2v) is 7.93. The lowest BCUT2D eigenvalue weighted by atomic mass is 10.0. The first-order valence-electron chi connectivity index (χ1n) is 10.9. The number of amides is 1. The van der Waals surface area contributed by atoms with Crippen molar-refractivity contribution in [2.24, 2.45) is 0 Å². The van der Waals surface area contributed by atoms with Crippen LogP contribution in [0.2, 0.25) is 0 Å². The molecule has 1 fully saturated rings. The summed E-state index contributed by atoms with van der Waals surface area (Å²) in [6.45, 7) is 2.66. The van der Waals surface area contributed by atoms with Crippen LogP contribution in [0.4, 0.5) is 5.69 Å².